The van der Waals surface area contributed by atoms with Gasteiger partial charge in [-0.3, -0.25) is 0 Å². The minimum atomic E-state index is -0.458. The number of methoxy groups -OCH3 is 1. The predicted molar refractivity (Wildman–Crippen MR) is 96.9 cm³/mol. The Labute approximate surface area is 154 Å². The Bertz CT molecular complexity index is 754. The Morgan fingerprint density at radius 2 is 1.83 bits per heavy atom. The Kier molecular flexibility index (Phi) is 6.43. The van der Waals surface area contributed by atoms with Crippen molar-refractivity contribution < 1.29 is 14.3 Å². The van der Waals surface area contributed by atoms with Crippen LogP contribution in [0.2, 0.25) is 15.1 Å². The first-order valence-corrected chi connectivity index (χ1v) is 8.01. The summed E-state index contributed by atoms with van der Waals surface area (Å²) in [5.41, 5.74) is 1.32. The lowest BCUT2D eigenvalue weighted by Crippen LogP contribution is -2.32. The standard InChI is InChI=1S/C16H15Cl3N2O3/c1-9-5-13(15(23-2)7-11(9)18)21-16(22)20-8-24-14-4-3-10(17)6-12(14)19/h3-7H,8H2,1-2H3,(H2,20,21,22). The topological polar surface area (TPSA) is 59.6 Å². The van der Waals surface area contributed by atoms with Gasteiger partial charge in [-0.25, -0.2) is 4.79 Å². The summed E-state index contributed by atoms with van der Waals surface area (Å²) >= 11 is 17.8. The fourth-order valence-electron chi connectivity index (χ4n) is 1.87. The second-order valence-corrected chi connectivity index (χ2v) is 6.05. The number of ether oxygens (including phenoxy) is 2. The molecule has 5 nitrogen and oxygen atoms in total. The van der Waals surface area contributed by atoms with Gasteiger partial charge in [-0.15, -0.1) is 0 Å². The quantitative estimate of drug-likeness (QED) is 0.698. The van der Waals surface area contributed by atoms with Crippen LogP contribution < -0.4 is 20.1 Å². The number of amides is 2. The van der Waals surface area contributed by atoms with Crippen LogP contribution in [0.4, 0.5) is 10.5 Å². The van der Waals surface area contributed by atoms with Crippen molar-refractivity contribution in [2.75, 3.05) is 19.2 Å². The molecule has 0 atom stereocenters. The maximum Gasteiger partial charge on any atom is 0.321 e. The summed E-state index contributed by atoms with van der Waals surface area (Å²) in [4.78, 5) is 12.0. The number of carbonyl (C=O) groups excluding carboxylic acids is 1. The summed E-state index contributed by atoms with van der Waals surface area (Å²) in [7, 11) is 1.50. The van der Waals surface area contributed by atoms with Gasteiger partial charge in [-0.2, -0.15) is 0 Å². The van der Waals surface area contributed by atoms with Crippen molar-refractivity contribution in [3.8, 4) is 11.5 Å². The van der Waals surface area contributed by atoms with Crippen LogP contribution in [0.25, 0.3) is 0 Å². The second-order valence-electron chi connectivity index (χ2n) is 4.80. The third kappa shape index (κ3) is 4.84. The van der Waals surface area contributed by atoms with Gasteiger partial charge in [0.2, 0.25) is 0 Å². The molecule has 8 heteroatoms. The maximum absolute atomic E-state index is 12.0. The lowest BCUT2D eigenvalue weighted by atomic mass is 10.2. The summed E-state index contributed by atoms with van der Waals surface area (Å²) in [5.74, 6) is 0.878. The molecule has 0 spiro atoms. The number of carbonyl (C=O) groups is 1. The number of nitrogens with one attached hydrogen (secondary N) is 2. The van der Waals surface area contributed by atoms with E-state index >= 15 is 0 Å². The molecule has 0 aromatic heterocycles. The Hall–Kier alpha value is -1.82. The van der Waals surface area contributed by atoms with Crippen molar-refractivity contribution in [2.24, 2.45) is 0 Å². The first-order valence-electron chi connectivity index (χ1n) is 6.87. The fourth-order valence-corrected chi connectivity index (χ4v) is 2.48. The predicted octanol–water partition coefficient (Wildman–Crippen LogP) is 5.12. The van der Waals surface area contributed by atoms with E-state index in [-0.39, 0.29) is 6.73 Å². The third-order valence-corrected chi connectivity index (χ3v) is 4.02. The zero-order valence-electron chi connectivity index (χ0n) is 13.0. The highest BCUT2D eigenvalue weighted by atomic mass is 35.5. The van der Waals surface area contributed by atoms with Crippen LogP contribution >= 0.6 is 34.8 Å². The molecule has 0 aliphatic heterocycles. The average Bonchev–Trinajstić information content (AvgIpc) is 2.52. The number of aryl methyl sites for hydroxylation is 1. The van der Waals surface area contributed by atoms with Crippen molar-refractivity contribution in [1.29, 1.82) is 0 Å². The Morgan fingerprint density at radius 1 is 1.08 bits per heavy atom. The van der Waals surface area contributed by atoms with Crippen LogP contribution in [0.5, 0.6) is 11.5 Å². The first kappa shape index (κ1) is 18.5. The molecule has 0 saturated heterocycles. The van der Waals surface area contributed by atoms with Gasteiger partial charge in [0.15, 0.2) is 6.73 Å². The number of hydrogen-bond donors (Lipinski definition) is 2. The monoisotopic (exact) mass is 388 g/mol. The van der Waals surface area contributed by atoms with Crippen molar-refractivity contribution in [2.45, 2.75) is 6.92 Å². The van der Waals surface area contributed by atoms with Gasteiger partial charge in [0.1, 0.15) is 11.5 Å². The van der Waals surface area contributed by atoms with Crippen LogP contribution in [-0.2, 0) is 0 Å². The molecule has 0 radical (unpaired) electrons. The molecule has 2 aromatic rings. The summed E-state index contributed by atoms with van der Waals surface area (Å²) in [6.07, 6.45) is 0. The molecule has 2 rings (SSSR count). The molecular formula is C16H15Cl3N2O3. The largest absolute Gasteiger partial charge is 0.495 e. The summed E-state index contributed by atoms with van der Waals surface area (Å²) in [6, 6.07) is 7.72. The Balaban J connectivity index is 1.93. The van der Waals surface area contributed by atoms with Gasteiger partial charge in [0.25, 0.3) is 0 Å². The smallest absolute Gasteiger partial charge is 0.321 e. The number of benzene rings is 2. The summed E-state index contributed by atoms with van der Waals surface area (Å²) < 4.78 is 10.6. The van der Waals surface area contributed by atoms with Gasteiger partial charge in [0.05, 0.1) is 17.8 Å². The molecular weight excluding hydrogens is 375 g/mol. The van der Waals surface area contributed by atoms with E-state index in [2.05, 4.69) is 10.6 Å². The molecule has 128 valence electrons. The molecule has 0 bridgehead atoms. The molecule has 0 saturated carbocycles. The van der Waals surface area contributed by atoms with E-state index in [1.165, 1.54) is 7.11 Å². The second kappa shape index (κ2) is 8.33. The van der Waals surface area contributed by atoms with Crippen LogP contribution in [0, 0.1) is 6.92 Å². The maximum atomic E-state index is 12.0. The minimum Gasteiger partial charge on any atom is -0.495 e. The number of hydrogen-bond acceptors (Lipinski definition) is 3. The number of halogens is 3. The van der Waals surface area contributed by atoms with E-state index in [1.54, 1.807) is 30.3 Å². The normalized spacial score (nSPS) is 10.2. The number of rotatable bonds is 5. The van der Waals surface area contributed by atoms with Gasteiger partial charge in [-0.1, -0.05) is 34.8 Å². The molecule has 0 heterocycles. The van der Waals surface area contributed by atoms with E-state index in [0.717, 1.165) is 5.56 Å². The van der Waals surface area contributed by atoms with E-state index in [0.29, 0.717) is 32.3 Å². The SMILES string of the molecule is COc1cc(Cl)c(C)cc1NC(=O)NCOc1ccc(Cl)cc1Cl. The summed E-state index contributed by atoms with van der Waals surface area (Å²) in [5, 5.41) is 6.64. The summed E-state index contributed by atoms with van der Waals surface area (Å²) in [6.45, 7) is 1.76. The molecule has 2 N–H and O–H groups in total. The highest BCUT2D eigenvalue weighted by Crippen LogP contribution is 2.31. The van der Waals surface area contributed by atoms with E-state index in [9.17, 15) is 4.79 Å². The van der Waals surface area contributed by atoms with E-state index in [1.807, 2.05) is 6.92 Å². The van der Waals surface area contributed by atoms with Gasteiger partial charge >= 0.3 is 6.03 Å². The van der Waals surface area contributed by atoms with Crippen molar-refractivity contribution in [3.63, 3.8) is 0 Å². The van der Waals surface area contributed by atoms with Crippen molar-refractivity contribution >= 4 is 46.5 Å². The Morgan fingerprint density at radius 3 is 2.50 bits per heavy atom. The van der Waals surface area contributed by atoms with Crippen LogP contribution in [0.1, 0.15) is 5.56 Å². The van der Waals surface area contributed by atoms with Crippen LogP contribution in [0.3, 0.4) is 0 Å². The van der Waals surface area contributed by atoms with E-state index in [4.69, 9.17) is 44.3 Å². The molecule has 2 amide bonds. The van der Waals surface area contributed by atoms with Crippen molar-refractivity contribution in [3.05, 3.63) is 51.0 Å². The van der Waals surface area contributed by atoms with Gasteiger partial charge in [0, 0.05) is 16.1 Å². The van der Waals surface area contributed by atoms with Crippen LogP contribution in [-0.4, -0.2) is 19.9 Å². The minimum absolute atomic E-state index is 0.0674. The molecule has 24 heavy (non-hydrogen) atoms. The zero-order valence-corrected chi connectivity index (χ0v) is 15.2. The fraction of sp³-hybridized carbons (Fsp3) is 0.188. The lowest BCUT2D eigenvalue weighted by Gasteiger charge is -2.13. The van der Waals surface area contributed by atoms with Crippen molar-refractivity contribution in [1.82, 2.24) is 5.32 Å². The average molecular weight is 390 g/mol. The molecule has 0 aliphatic rings. The number of anilines is 1. The lowest BCUT2D eigenvalue weighted by molar-refractivity contribution is 0.234. The highest BCUT2D eigenvalue weighted by Gasteiger charge is 2.10. The van der Waals surface area contributed by atoms with Gasteiger partial charge < -0.3 is 20.1 Å². The first-order chi connectivity index (χ1) is 11.4. The molecule has 0 fully saturated rings. The molecule has 0 unspecified atom stereocenters. The zero-order chi connectivity index (χ0) is 17.7. The van der Waals surface area contributed by atoms with Crippen LogP contribution in [0.15, 0.2) is 30.3 Å². The molecule has 2 aromatic carbocycles. The number of urea groups is 1. The third-order valence-electron chi connectivity index (χ3n) is 3.08. The highest BCUT2D eigenvalue weighted by molar-refractivity contribution is 6.35. The van der Waals surface area contributed by atoms with E-state index < -0.39 is 6.03 Å². The van der Waals surface area contributed by atoms with Gasteiger partial charge in [-0.05, 0) is 36.8 Å². The molecule has 0 aliphatic carbocycles.